The molecule has 0 radical (unpaired) electrons. The summed E-state index contributed by atoms with van der Waals surface area (Å²) in [5, 5.41) is 2.31. The Kier molecular flexibility index (Phi) is 14.0. The topological polar surface area (TPSA) is 35.9 Å². The summed E-state index contributed by atoms with van der Waals surface area (Å²) in [7, 11) is 0. The van der Waals surface area contributed by atoms with Crippen molar-refractivity contribution >= 4 is 21.8 Å². The predicted molar refractivity (Wildman–Crippen MR) is 342 cm³/mol. The number of nitrogens with zero attached hydrogens (tertiary/aromatic N) is 4. The molecule has 3 aromatic heterocycles. The largest absolute Gasteiger partial charge is 0.458 e. The Morgan fingerprint density at radius 2 is 0.951 bits per heavy atom. The molecule has 0 spiro atoms. The van der Waals surface area contributed by atoms with Crippen LogP contribution in [0.2, 0.25) is 0 Å². The van der Waals surface area contributed by atoms with Crippen LogP contribution in [-0.2, 0) is 32.5 Å². The summed E-state index contributed by atoms with van der Waals surface area (Å²) in [6, 6.07) is 75.3. The fourth-order valence-corrected chi connectivity index (χ4v) is 12.0. The van der Waals surface area contributed by atoms with Crippen molar-refractivity contribution in [1.29, 1.82) is 0 Å². The zero-order valence-electron chi connectivity index (χ0n) is 50.9. The number of fused-ring (bicyclic) bond motifs is 3. The Morgan fingerprint density at radius 3 is 1.55 bits per heavy atom. The lowest BCUT2D eigenvalue weighted by Crippen LogP contribution is -2.43. The summed E-state index contributed by atoms with van der Waals surface area (Å²) in [4.78, 5) is 5.08. The summed E-state index contributed by atoms with van der Waals surface area (Å²) in [5.74, 6) is 2.35. The van der Waals surface area contributed by atoms with Gasteiger partial charge in [-0.25, -0.2) is 4.98 Å². The molecule has 0 unspecified atom stereocenters. The smallest absolute Gasteiger partial charge is 0.269 e. The zero-order chi connectivity index (χ0) is 58.1. The number of benzene rings is 8. The van der Waals surface area contributed by atoms with Crippen LogP contribution in [0, 0.1) is 6.33 Å². The van der Waals surface area contributed by atoms with Gasteiger partial charge in [0.25, 0.3) is 6.33 Å². The first-order chi connectivity index (χ1) is 38.8. The Labute approximate surface area is 488 Å². The monoisotopic (exact) mass is 1080 g/mol. The van der Waals surface area contributed by atoms with Gasteiger partial charge in [0.2, 0.25) is 0 Å². The molecule has 0 saturated heterocycles. The van der Waals surface area contributed by atoms with E-state index < -0.39 is 10.8 Å². The lowest BCUT2D eigenvalue weighted by atomic mass is 9.73. The maximum absolute atomic E-state index is 7.30. The molecule has 11 aromatic rings. The maximum Gasteiger partial charge on any atom is 0.269 e. The van der Waals surface area contributed by atoms with Crippen LogP contribution >= 0.6 is 0 Å². The molecule has 0 aliphatic rings. The van der Waals surface area contributed by atoms with E-state index in [1.165, 1.54) is 49.9 Å². The minimum atomic E-state index is -0.528. The second-order valence-electron chi connectivity index (χ2n) is 27.3. The molecular formula is C77H80N4O. The van der Waals surface area contributed by atoms with E-state index in [0.29, 0.717) is 0 Å². The molecule has 5 heteroatoms. The summed E-state index contributed by atoms with van der Waals surface area (Å²) >= 11 is 0. The zero-order valence-corrected chi connectivity index (χ0v) is 50.9. The van der Waals surface area contributed by atoms with E-state index in [1.807, 2.05) is 6.20 Å². The maximum atomic E-state index is 7.30. The molecule has 0 N–H and O–H groups in total. The summed E-state index contributed by atoms with van der Waals surface area (Å²) in [5.41, 5.74) is 15.6. The molecule has 0 aliphatic carbocycles. The number of hydrogen-bond acceptors (Lipinski definition) is 2. The van der Waals surface area contributed by atoms with Gasteiger partial charge in [-0.2, -0.15) is 0 Å². The van der Waals surface area contributed by atoms with E-state index in [0.717, 1.165) is 62.1 Å². The van der Waals surface area contributed by atoms with Crippen LogP contribution < -0.4 is 9.30 Å². The van der Waals surface area contributed by atoms with Crippen LogP contribution in [0.15, 0.2) is 212 Å². The summed E-state index contributed by atoms with van der Waals surface area (Å²) in [6.45, 7) is 34.7. The number of ether oxygens (including phenoxy) is 1. The molecule has 3 heterocycles. The number of aromatic nitrogens is 4. The molecule has 11 rings (SSSR count). The molecule has 414 valence electrons. The molecule has 0 fully saturated rings. The van der Waals surface area contributed by atoms with Crippen molar-refractivity contribution in [3.05, 3.63) is 269 Å². The van der Waals surface area contributed by atoms with Crippen LogP contribution in [0.1, 0.15) is 154 Å². The van der Waals surface area contributed by atoms with Gasteiger partial charge in [-0.3, -0.25) is 13.7 Å². The van der Waals surface area contributed by atoms with Gasteiger partial charge < -0.3 is 4.74 Å². The fourth-order valence-electron chi connectivity index (χ4n) is 12.0. The van der Waals surface area contributed by atoms with Crippen molar-refractivity contribution in [2.24, 2.45) is 0 Å². The standard InChI is InChI=1S/C77H80N4O/c1-72(2,3)57-40-41-78-69(48-57)81-67-39-36-58(75(10,11)54-30-22-17-23-31-54)47-66(67)65-38-37-63(50-68(65)81)82-64-46-60(74(7,8)9)45-62(49-64)80-51-79(61-43-53(52-28-20-16-21-29-52)42-59(44-61)73(4,5)6)70(76(12,13)55-32-24-18-25-33-55)71(80)77(14,15)56-34-26-19-27-35-56/h16-50H,1-15H3. The van der Waals surface area contributed by atoms with Crippen molar-refractivity contribution < 1.29 is 9.30 Å². The molecule has 0 bridgehead atoms. The van der Waals surface area contributed by atoms with Gasteiger partial charge in [0.1, 0.15) is 17.3 Å². The number of pyridine rings is 1. The van der Waals surface area contributed by atoms with Gasteiger partial charge in [0.05, 0.1) is 33.8 Å². The highest BCUT2D eigenvalue weighted by molar-refractivity contribution is 6.10. The molecule has 82 heavy (non-hydrogen) atoms. The van der Waals surface area contributed by atoms with Crippen molar-refractivity contribution in [3.63, 3.8) is 0 Å². The molecule has 0 saturated carbocycles. The fraction of sp³-hybridized carbons (Fsp3) is 0.273. The van der Waals surface area contributed by atoms with Crippen LogP contribution in [0.25, 0.3) is 50.1 Å². The van der Waals surface area contributed by atoms with Crippen LogP contribution in [-0.4, -0.2) is 14.1 Å². The van der Waals surface area contributed by atoms with E-state index in [9.17, 15) is 0 Å². The Balaban J connectivity index is 1.15. The normalized spacial score (nSPS) is 12.8. The van der Waals surface area contributed by atoms with E-state index in [1.54, 1.807) is 0 Å². The lowest BCUT2D eigenvalue weighted by molar-refractivity contribution is -0.611. The molecule has 0 amide bonds. The van der Waals surface area contributed by atoms with Gasteiger partial charge in [-0.15, -0.1) is 0 Å². The number of rotatable bonds is 12. The van der Waals surface area contributed by atoms with Crippen LogP contribution in [0.4, 0.5) is 0 Å². The average Bonchev–Trinajstić information content (AvgIpc) is 2.86. The quantitative estimate of drug-likeness (QED) is 0.0903. The van der Waals surface area contributed by atoms with Crippen molar-refractivity contribution in [3.8, 4) is 39.8 Å². The van der Waals surface area contributed by atoms with E-state index in [2.05, 4.69) is 330 Å². The molecule has 0 atom stereocenters. The highest BCUT2D eigenvalue weighted by Crippen LogP contribution is 2.45. The first kappa shape index (κ1) is 55.6. The molecule has 8 aromatic carbocycles. The minimum Gasteiger partial charge on any atom is -0.458 e. The second-order valence-corrected chi connectivity index (χ2v) is 27.3. The number of imidazole rings is 1. The first-order valence-corrected chi connectivity index (χ1v) is 29.2. The van der Waals surface area contributed by atoms with Gasteiger partial charge in [0, 0.05) is 39.3 Å². The van der Waals surface area contributed by atoms with Gasteiger partial charge in [-0.05, 0) is 133 Å². The lowest BCUT2D eigenvalue weighted by Gasteiger charge is -2.35. The summed E-state index contributed by atoms with van der Waals surface area (Å²) < 4.78 is 14.4. The highest BCUT2D eigenvalue weighted by Gasteiger charge is 2.40. The summed E-state index contributed by atoms with van der Waals surface area (Å²) in [6.07, 6.45) is 6.08. The van der Waals surface area contributed by atoms with Crippen molar-refractivity contribution in [1.82, 2.24) is 14.1 Å². The molecular weight excluding hydrogens is 997 g/mol. The van der Waals surface area contributed by atoms with Gasteiger partial charge in [-0.1, -0.05) is 237 Å². The minimum absolute atomic E-state index is 0.0698. The molecule has 5 nitrogen and oxygen atoms in total. The van der Waals surface area contributed by atoms with Crippen molar-refractivity contribution in [2.75, 3.05) is 0 Å². The average molecular weight is 1080 g/mol. The Hall–Kier alpha value is -8.28. The Morgan fingerprint density at radius 1 is 0.390 bits per heavy atom. The third kappa shape index (κ3) is 10.4. The van der Waals surface area contributed by atoms with Gasteiger partial charge in [0.15, 0.2) is 0 Å². The van der Waals surface area contributed by atoms with E-state index in [-0.39, 0.29) is 21.7 Å². The van der Waals surface area contributed by atoms with Gasteiger partial charge >= 0.3 is 0 Å². The van der Waals surface area contributed by atoms with Crippen LogP contribution in [0.3, 0.4) is 0 Å². The predicted octanol–water partition coefficient (Wildman–Crippen LogP) is 19.4. The van der Waals surface area contributed by atoms with E-state index >= 15 is 0 Å². The second kappa shape index (κ2) is 20.6. The third-order valence-corrected chi connectivity index (χ3v) is 17.2. The SMILES string of the molecule is CC(C)(C)c1cc(Oc2ccc3c4cc(C(C)(C)c5ccccc5)ccc4n(-c4cc(C(C)(C)C)ccn4)c3c2)cc(-n2[c-][n+](-c3cc(-c4ccccc4)cc(C(C)(C)C)c3)c(C(C)(C)c3ccccc3)c2C(C)(C)c2ccccc2)c1. The first-order valence-electron chi connectivity index (χ1n) is 29.2. The van der Waals surface area contributed by atoms with E-state index in [4.69, 9.17) is 9.72 Å². The number of hydrogen-bond donors (Lipinski definition) is 0. The molecule has 0 aliphatic heterocycles. The Bertz CT molecular complexity index is 4120. The van der Waals surface area contributed by atoms with Crippen LogP contribution in [0.5, 0.6) is 11.5 Å². The third-order valence-electron chi connectivity index (χ3n) is 17.2. The highest BCUT2D eigenvalue weighted by atomic mass is 16.5. The van der Waals surface area contributed by atoms with Crippen molar-refractivity contribution in [2.45, 2.75) is 136 Å².